The Morgan fingerprint density at radius 2 is 1.85 bits per heavy atom. The zero-order valence-corrected chi connectivity index (χ0v) is 12.0. The number of anilines is 1. The molecule has 20 heavy (non-hydrogen) atoms. The maximum atomic E-state index is 13.3. The van der Waals surface area contributed by atoms with Crippen molar-refractivity contribution in [2.45, 2.75) is 0 Å². The second-order valence-corrected chi connectivity index (χ2v) is 4.79. The Morgan fingerprint density at radius 3 is 2.50 bits per heavy atom. The van der Waals surface area contributed by atoms with Crippen LogP contribution in [0.4, 0.5) is 14.5 Å². The molecule has 0 fully saturated rings. The van der Waals surface area contributed by atoms with E-state index in [-0.39, 0.29) is 15.8 Å². The molecule has 2 aromatic rings. The van der Waals surface area contributed by atoms with Gasteiger partial charge >= 0.3 is 0 Å². The lowest BCUT2D eigenvalue weighted by Gasteiger charge is -2.08. The van der Waals surface area contributed by atoms with E-state index in [2.05, 4.69) is 21.2 Å². The van der Waals surface area contributed by atoms with Crippen LogP contribution in [-0.4, -0.2) is 13.0 Å². The number of carbonyl (C=O) groups is 1. The molecule has 0 radical (unpaired) electrons. The van der Waals surface area contributed by atoms with E-state index >= 15 is 0 Å². The van der Waals surface area contributed by atoms with Gasteiger partial charge in [-0.3, -0.25) is 4.79 Å². The number of halogens is 3. The molecule has 2 aromatic carbocycles. The first-order valence-corrected chi connectivity index (χ1v) is 6.40. The van der Waals surface area contributed by atoms with Gasteiger partial charge in [-0.05, 0) is 52.3 Å². The van der Waals surface area contributed by atoms with Gasteiger partial charge in [0.25, 0.3) is 5.91 Å². The van der Waals surface area contributed by atoms with Gasteiger partial charge in [0.1, 0.15) is 5.82 Å². The Balaban J connectivity index is 2.21. The largest absolute Gasteiger partial charge is 0.494 e. The maximum absolute atomic E-state index is 13.3. The van der Waals surface area contributed by atoms with Crippen LogP contribution in [0.5, 0.6) is 5.75 Å². The first-order valence-electron chi connectivity index (χ1n) is 5.61. The Morgan fingerprint density at radius 1 is 1.15 bits per heavy atom. The highest BCUT2D eigenvalue weighted by atomic mass is 79.9. The molecular weight excluding hydrogens is 332 g/mol. The summed E-state index contributed by atoms with van der Waals surface area (Å²) in [6.07, 6.45) is 0. The van der Waals surface area contributed by atoms with Crippen LogP contribution in [0, 0.1) is 11.6 Å². The van der Waals surface area contributed by atoms with E-state index in [1.54, 1.807) is 0 Å². The quantitative estimate of drug-likeness (QED) is 0.916. The van der Waals surface area contributed by atoms with E-state index in [1.165, 1.54) is 37.4 Å². The number of hydrogen-bond donors (Lipinski definition) is 1. The van der Waals surface area contributed by atoms with E-state index < -0.39 is 17.5 Å². The van der Waals surface area contributed by atoms with Gasteiger partial charge in [0.05, 0.1) is 11.6 Å². The van der Waals surface area contributed by atoms with Crippen molar-refractivity contribution in [3.8, 4) is 5.75 Å². The van der Waals surface area contributed by atoms with Crippen LogP contribution in [0.25, 0.3) is 0 Å². The van der Waals surface area contributed by atoms with Crippen molar-refractivity contribution in [1.82, 2.24) is 0 Å². The lowest BCUT2D eigenvalue weighted by molar-refractivity contribution is 0.102. The number of ether oxygens (including phenoxy) is 1. The number of benzene rings is 2. The summed E-state index contributed by atoms with van der Waals surface area (Å²) in [7, 11) is 1.32. The molecule has 0 saturated carbocycles. The van der Waals surface area contributed by atoms with Crippen molar-refractivity contribution in [1.29, 1.82) is 0 Å². The molecule has 0 aliphatic rings. The van der Waals surface area contributed by atoms with E-state index in [4.69, 9.17) is 4.74 Å². The van der Waals surface area contributed by atoms with Gasteiger partial charge in [-0.2, -0.15) is 0 Å². The smallest absolute Gasteiger partial charge is 0.255 e. The standard InChI is InChI=1S/C14H10BrF2NO2/c1-20-13-6-8(2-4-12(13)17)14(19)18-9-3-5-11(16)10(15)7-9/h2-7H,1H3,(H,18,19). The Kier molecular flexibility index (Phi) is 4.34. The fourth-order valence-electron chi connectivity index (χ4n) is 1.58. The van der Waals surface area contributed by atoms with Crippen LogP contribution in [0.2, 0.25) is 0 Å². The minimum Gasteiger partial charge on any atom is -0.494 e. The Hall–Kier alpha value is -1.95. The van der Waals surface area contributed by atoms with Crippen LogP contribution < -0.4 is 10.1 Å². The molecule has 0 bridgehead atoms. The third-order valence-corrected chi connectivity index (χ3v) is 3.20. The molecule has 2 rings (SSSR count). The zero-order chi connectivity index (χ0) is 14.7. The van der Waals surface area contributed by atoms with Gasteiger partial charge in [0.15, 0.2) is 11.6 Å². The summed E-state index contributed by atoms with van der Waals surface area (Å²) in [5.41, 5.74) is 0.662. The second kappa shape index (κ2) is 6.00. The van der Waals surface area contributed by atoms with Gasteiger partial charge in [-0.15, -0.1) is 0 Å². The van der Waals surface area contributed by atoms with Crippen LogP contribution in [0.15, 0.2) is 40.9 Å². The molecule has 0 aliphatic carbocycles. The van der Waals surface area contributed by atoms with Crippen LogP contribution in [0.3, 0.4) is 0 Å². The normalized spacial score (nSPS) is 10.2. The summed E-state index contributed by atoms with van der Waals surface area (Å²) in [6.45, 7) is 0. The molecule has 0 unspecified atom stereocenters. The van der Waals surface area contributed by atoms with E-state index in [0.29, 0.717) is 5.69 Å². The van der Waals surface area contributed by atoms with Crippen LogP contribution >= 0.6 is 15.9 Å². The molecule has 0 saturated heterocycles. The third kappa shape index (κ3) is 3.14. The van der Waals surface area contributed by atoms with Gasteiger partial charge in [0, 0.05) is 11.3 Å². The molecule has 104 valence electrons. The second-order valence-electron chi connectivity index (χ2n) is 3.93. The van der Waals surface area contributed by atoms with E-state index in [9.17, 15) is 13.6 Å². The summed E-state index contributed by atoms with van der Waals surface area (Å²) in [4.78, 5) is 12.0. The van der Waals surface area contributed by atoms with Crippen molar-refractivity contribution >= 4 is 27.5 Å². The first kappa shape index (κ1) is 14.5. The SMILES string of the molecule is COc1cc(C(=O)Nc2ccc(F)c(Br)c2)ccc1F. The molecule has 3 nitrogen and oxygen atoms in total. The highest BCUT2D eigenvalue weighted by Crippen LogP contribution is 2.22. The lowest BCUT2D eigenvalue weighted by atomic mass is 10.2. The van der Waals surface area contributed by atoms with Crippen molar-refractivity contribution in [3.63, 3.8) is 0 Å². The molecule has 6 heteroatoms. The summed E-state index contributed by atoms with van der Waals surface area (Å²) in [6, 6.07) is 7.88. The van der Waals surface area contributed by atoms with Gasteiger partial charge in [0.2, 0.25) is 0 Å². The van der Waals surface area contributed by atoms with Crippen LogP contribution in [-0.2, 0) is 0 Å². The molecule has 0 atom stereocenters. The molecular formula is C14H10BrF2NO2. The molecule has 0 heterocycles. The van der Waals surface area contributed by atoms with Gasteiger partial charge in [-0.25, -0.2) is 8.78 Å². The minimum atomic E-state index is -0.548. The number of amides is 1. The predicted octanol–water partition coefficient (Wildman–Crippen LogP) is 3.99. The number of carbonyl (C=O) groups excluding carboxylic acids is 1. The number of hydrogen-bond acceptors (Lipinski definition) is 2. The summed E-state index contributed by atoms with van der Waals surface area (Å²) < 4.78 is 31.4. The predicted molar refractivity (Wildman–Crippen MR) is 75.0 cm³/mol. The third-order valence-electron chi connectivity index (χ3n) is 2.59. The Labute approximate surface area is 122 Å². The lowest BCUT2D eigenvalue weighted by Crippen LogP contribution is -2.12. The van der Waals surface area contributed by atoms with E-state index in [1.807, 2.05) is 0 Å². The fourth-order valence-corrected chi connectivity index (χ4v) is 1.96. The monoisotopic (exact) mass is 341 g/mol. The highest BCUT2D eigenvalue weighted by Gasteiger charge is 2.11. The van der Waals surface area contributed by atoms with Crippen molar-refractivity contribution in [2.24, 2.45) is 0 Å². The highest BCUT2D eigenvalue weighted by molar-refractivity contribution is 9.10. The zero-order valence-electron chi connectivity index (χ0n) is 10.4. The molecule has 1 N–H and O–H groups in total. The fraction of sp³-hybridized carbons (Fsp3) is 0.0714. The molecule has 1 amide bonds. The maximum Gasteiger partial charge on any atom is 0.255 e. The topological polar surface area (TPSA) is 38.3 Å². The van der Waals surface area contributed by atoms with Crippen molar-refractivity contribution < 1.29 is 18.3 Å². The number of nitrogens with one attached hydrogen (secondary N) is 1. The van der Waals surface area contributed by atoms with Gasteiger partial charge < -0.3 is 10.1 Å². The average molecular weight is 342 g/mol. The van der Waals surface area contributed by atoms with Crippen molar-refractivity contribution in [2.75, 3.05) is 12.4 Å². The van der Waals surface area contributed by atoms with Crippen LogP contribution in [0.1, 0.15) is 10.4 Å². The molecule has 0 aliphatic heterocycles. The minimum absolute atomic E-state index is 0.0158. The number of rotatable bonds is 3. The summed E-state index contributed by atoms with van der Waals surface area (Å²) in [5, 5.41) is 2.58. The van der Waals surface area contributed by atoms with Crippen molar-refractivity contribution in [3.05, 3.63) is 58.1 Å². The summed E-state index contributed by atoms with van der Waals surface area (Å²) >= 11 is 3.03. The number of methoxy groups -OCH3 is 1. The summed E-state index contributed by atoms with van der Waals surface area (Å²) in [5.74, 6) is -1.43. The molecule has 0 aromatic heterocycles. The average Bonchev–Trinajstić information content (AvgIpc) is 2.43. The van der Waals surface area contributed by atoms with Gasteiger partial charge in [-0.1, -0.05) is 0 Å². The van der Waals surface area contributed by atoms with E-state index in [0.717, 1.165) is 6.07 Å². The first-order chi connectivity index (χ1) is 9.51. The molecule has 0 spiro atoms. The Bertz CT molecular complexity index is 662.